The molecule has 1 fully saturated rings. The van der Waals surface area contributed by atoms with Crippen molar-refractivity contribution in [3.63, 3.8) is 0 Å². The number of nitrogens with zero attached hydrogens (tertiary/aromatic N) is 2. The molecule has 148 valence electrons. The molecule has 0 aliphatic carbocycles. The number of benzene rings is 2. The molecule has 0 spiro atoms. The van der Waals surface area contributed by atoms with Crippen LogP contribution in [-0.2, 0) is 11.3 Å². The van der Waals surface area contributed by atoms with Gasteiger partial charge in [-0.3, -0.25) is 9.69 Å². The Labute approximate surface area is 170 Å². The van der Waals surface area contributed by atoms with E-state index >= 15 is 0 Å². The number of nitrogens with two attached hydrogens (primary N) is 1. The minimum absolute atomic E-state index is 0.0323. The van der Waals surface area contributed by atoms with E-state index in [0.717, 1.165) is 24.2 Å². The SMILES string of the molecule is C[C@@H]1CN(C(=O)C=Cc2ccc(Cl)cc2N)[C@@H](C)CN1Cc1ccc(F)cc1. The molecule has 0 aromatic heterocycles. The van der Waals surface area contributed by atoms with Crippen molar-refractivity contribution in [2.45, 2.75) is 32.5 Å². The molecule has 1 saturated heterocycles. The van der Waals surface area contributed by atoms with Crippen LogP contribution in [0.4, 0.5) is 10.1 Å². The quantitative estimate of drug-likeness (QED) is 0.617. The lowest BCUT2D eigenvalue weighted by atomic mass is 10.1. The van der Waals surface area contributed by atoms with Crippen LogP contribution < -0.4 is 5.73 Å². The Kier molecular flexibility index (Phi) is 6.37. The van der Waals surface area contributed by atoms with Gasteiger partial charge in [-0.1, -0.05) is 29.8 Å². The maximum absolute atomic E-state index is 13.1. The van der Waals surface area contributed by atoms with Gasteiger partial charge in [-0.2, -0.15) is 0 Å². The summed E-state index contributed by atoms with van der Waals surface area (Å²) in [6.45, 7) is 6.30. The lowest BCUT2D eigenvalue weighted by molar-refractivity contribution is -0.131. The zero-order chi connectivity index (χ0) is 20.3. The van der Waals surface area contributed by atoms with Crippen molar-refractivity contribution in [1.29, 1.82) is 0 Å². The van der Waals surface area contributed by atoms with Gasteiger partial charge < -0.3 is 10.6 Å². The average molecular weight is 402 g/mol. The lowest BCUT2D eigenvalue weighted by Gasteiger charge is -2.44. The molecule has 3 rings (SSSR count). The van der Waals surface area contributed by atoms with E-state index in [-0.39, 0.29) is 23.8 Å². The number of hydrogen-bond acceptors (Lipinski definition) is 3. The molecule has 28 heavy (non-hydrogen) atoms. The van der Waals surface area contributed by atoms with Gasteiger partial charge in [0.25, 0.3) is 0 Å². The van der Waals surface area contributed by atoms with Crippen molar-refractivity contribution < 1.29 is 9.18 Å². The number of hydrogen-bond donors (Lipinski definition) is 1. The molecular weight excluding hydrogens is 377 g/mol. The molecule has 4 nitrogen and oxygen atoms in total. The summed E-state index contributed by atoms with van der Waals surface area (Å²) >= 11 is 5.91. The number of anilines is 1. The summed E-state index contributed by atoms with van der Waals surface area (Å²) in [6, 6.07) is 12.1. The molecule has 0 unspecified atom stereocenters. The van der Waals surface area contributed by atoms with Gasteiger partial charge in [0.15, 0.2) is 0 Å². The molecule has 0 radical (unpaired) electrons. The van der Waals surface area contributed by atoms with Crippen LogP contribution in [0, 0.1) is 5.82 Å². The Bertz CT molecular complexity index is 869. The van der Waals surface area contributed by atoms with E-state index < -0.39 is 0 Å². The number of carbonyl (C=O) groups is 1. The van der Waals surface area contributed by atoms with Gasteiger partial charge in [0.05, 0.1) is 0 Å². The van der Waals surface area contributed by atoms with Crippen LogP contribution >= 0.6 is 11.6 Å². The normalized spacial score (nSPS) is 20.6. The molecule has 1 aliphatic rings. The summed E-state index contributed by atoms with van der Waals surface area (Å²) in [6.07, 6.45) is 3.30. The van der Waals surface area contributed by atoms with Crippen molar-refractivity contribution >= 4 is 29.3 Å². The van der Waals surface area contributed by atoms with Crippen LogP contribution in [0.25, 0.3) is 6.08 Å². The van der Waals surface area contributed by atoms with Crippen LogP contribution in [0.5, 0.6) is 0 Å². The number of piperazine rings is 1. The zero-order valence-electron chi connectivity index (χ0n) is 16.1. The van der Waals surface area contributed by atoms with Gasteiger partial charge >= 0.3 is 0 Å². The Morgan fingerprint density at radius 3 is 2.57 bits per heavy atom. The fourth-order valence-corrected chi connectivity index (χ4v) is 3.68. The molecule has 1 amide bonds. The standard InChI is InChI=1S/C22H25ClFN3O/c1-15-13-27(22(28)10-6-18-5-7-19(23)11-21(18)25)16(2)12-26(15)14-17-3-8-20(24)9-4-17/h3-11,15-16H,12-14,25H2,1-2H3/t15-,16+/m1/s1. The van der Waals surface area contributed by atoms with E-state index in [1.165, 1.54) is 12.1 Å². The summed E-state index contributed by atoms with van der Waals surface area (Å²) in [5, 5.41) is 0.570. The number of halogens is 2. The summed E-state index contributed by atoms with van der Waals surface area (Å²) in [4.78, 5) is 16.9. The fraction of sp³-hybridized carbons (Fsp3) is 0.318. The van der Waals surface area contributed by atoms with E-state index in [4.69, 9.17) is 17.3 Å². The molecule has 1 aliphatic heterocycles. The number of amides is 1. The third-order valence-electron chi connectivity index (χ3n) is 5.15. The van der Waals surface area contributed by atoms with Crippen LogP contribution in [0.1, 0.15) is 25.0 Å². The van der Waals surface area contributed by atoms with Gasteiger partial charge in [0, 0.05) is 48.5 Å². The first-order chi connectivity index (χ1) is 13.3. The minimum Gasteiger partial charge on any atom is -0.398 e. The summed E-state index contributed by atoms with van der Waals surface area (Å²) in [5.41, 5.74) is 8.33. The highest BCUT2D eigenvalue weighted by atomic mass is 35.5. The van der Waals surface area contributed by atoms with E-state index in [2.05, 4.69) is 11.8 Å². The number of nitrogen functional groups attached to an aromatic ring is 1. The largest absolute Gasteiger partial charge is 0.398 e. The lowest BCUT2D eigenvalue weighted by Crippen LogP contribution is -2.57. The van der Waals surface area contributed by atoms with E-state index in [0.29, 0.717) is 17.3 Å². The van der Waals surface area contributed by atoms with Gasteiger partial charge in [0.2, 0.25) is 5.91 Å². The van der Waals surface area contributed by atoms with E-state index in [9.17, 15) is 9.18 Å². The van der Waals surface area contributed by atoms with Crippen LogP contribution in [-0.4, -0.2) is 40.9 Å². The van der Waals surface area contributed by atoms with Gasteiger partial charge in [0.1, 0.15) is 5.82 Å². The molecule has 2 N–H and O–H groups in total. The second-order valence-electron chi connectivity index (χ2n) is 7.35. The van der Waals surface area contributed by atoms with Crippen molar-refractivity contribution in [2.75, 3.05) is 18.8 Å². The predicted octanol–water partition coefficient (Wildman–Crippen LogP) is 4.20. The fourth-order valence-electron chi connectivity index (χ4n) is 3.50. The van der Waals surface area contributed by atoms with Crippen LogP contribution in [0.3, 0.4) is 0 Å². The predicted molar refractivity (Wildman–Crippen MR) is 112 cm³/mol. The van der Waals surface area contributed by atoms with Gasteiger partial charge in [-0.25, -0.2) is 4.39 Å². The minimum atomic E-state index is -0.228. The molecule has 2 aromatic carbocycles. The van der Waals surface area contributed by atoms with Gasteiger partial charge in [-0.05, 0) is 55.3 Å². The van der Waals surface area contributed by atoms with Crippen LogP contribution in [0.15, 0.2) is 48.5 Å². The summed E-state index contributed by atoms with van der Waals surface area (Å²) in [7, 11) is 0. The van der Waals surface area contributed by atoms with E-state index in [1.807, 2.05) is 24.0 Å². The van der Waals surface area contributed by atoms with Crippen molar-refractivity contribution in [3.05, 3.63) is 70.5 Å². The third-order valence-corrected chi connectivity index (χ3v) is 5.39. The summed E-state index contributed by atoms with van der Waals surface area (Å²) < 4.78 is 13.1. The maximum Gasteiger partial charge on any atom is 0.246 e. The maximum atomic E-state index is 13.1. The van der Waals surface area contributed by atoms with Crippen molar-refractivity contribution in [2.24, 2.45) is 0 Å². The first-order valence-electron chi connectivity index (χ1n) is 9.35. The second kappa shape index (κ2) is 8.76. The smallest absolute Gasteiger partial charge is 0.246 e. The number of rotatable bonds is 4. The van der Waals surface area contributed by atoms with E-state index in [1.54, 1.807) is 30.4 Å². The second-order valence-corrected chi connectivity index (χ2v) is 7.79. The Balaban J connectivity index is 1.63. The molecule has 2 aromatic rings. The molecular formula is C22H25ClFN3O. The molecule has 0 bridgehead atoms. The highest BCUT2D eigenvalue weighted by Gasteiger charge is 2.30. The van der Waals surface area contributed by atoms with Crippen molar-refractivity contribution in [1.82, 2.24) is 9.80 Å². The molecule has 2 atom stereocenters. The zero-order valence-corrected chi connectivity index (χ0v) is 16.9. The highest BCUT2D eigenvalue weighted by Crippen LogP contribution is 2.21. The number of carbonyl (C=O) groups excluding carboxylic acids is 1. The molecule has 1 heterocycles. The monoisotopic (exact) mass is 401 g/mol. The van der Waals surface area contributed by atoms with Gasteiger partial charge in [-0.15, -0.1) is 0 Å². The topological polar surface area (TPSA) is 49.6 Å². The molecule has 0 saturated carbocycles. The first-order valence-corrected chi connectivity index (χ1v) is 9.73. The third kappa shape index (κ3) is 4.91. The average Bonchev–Trinajstić information content (AvgIpc) is 2.65. The Hall–Kier alpha value is -2.37. The Morgan fingerprint density at radius 2 is 1.89 bits per heavy atom. The van der Waals surface area contributed by atoms with Crippen LogP contribution in [0.2, 0.25) is 5.02 Å². The first kappa shape index (κ1) is 20.4. The van der Waals surface area contributed by atoms with Crippen molar-refractivity contribution in [3.8, 4) is 0 Å². The summed E-state index contributed by atoms with van der Waals surface area (Å²) in [5.74, 6) is -0.260. The molecule has 6 heteroatoms. The Morgan fingerprint density at radius 1 is 1.18 bits per heavy atom. The highest BCUT2D eigenvalue weighted by molar-refractivity contribution is 6.30.